The van der Waals surface area contributed by atoms with E-state index in [1.807, 2.05) is 12.1 Å². The molecule has 0 aliphatic heterocycles. The Balaban J connectivity index is 3.17. The molecule has 0 bridgehead atoms. The van der Waals surface area contributed by atoms with E-state index in [1.54, 1.807) is 0 Å². The Kier molecular flexibility index (Phi) is 5.40. The van der Waals surface area contributed by atoms with Gasteiger partial charge in [0.05, 0.1) is 6.61 Å². The van der Waals surface area contributed by atoms with Crippen LogP contribution in [0.5, 0.6) is 0 Å². The molecule has 0 fully saturated rings. The van der Waals surface area contributed by atoms with Gasteiger partial charge in [0.25, 0.3) is 0 Å². The van der Waals surface area contributed by atoms with E-state index in [2.05, 4.69) is 52.3 Å². The largest absolute Gasteiger partial charge is 0.499 e. The standard InChI is InChI=1S/C15H25O5P/c1-14(2,3)12-7-11(10-19-21(17,18)20-16)8-13(9-12)15(4,5)6/h7-9,16H,10H2,1-6H3,(H,17,18). The maximum atomic E-state index is 11.2. The summed E-state index contributed by atoms with van der Waals surface area (Å²) < 4.78 is 19.4. The van der Waals surface area contributed by atoms with Crippen molar-refractivity contribution in [2.45, 2.75) is 59.0 Å². The van der Waals surface area contributed by atoms with Crippen LogP contribution in [0.25, 0.3) is 0 Å². The van der Waals surface area contributed by atoms with E-state index in [9.17, 15) is 4.57 Å². The molecule has 0 radical (unpaired) electrons. The highest BCUT2D eigenvalue weighted by Crippen LogP contribution is 2.43. The topological polar surface area (TPSA) is 76.0 Å². The van der Waals surface area contributed by atoms with Crippen LogP contribution in [0.15, 0.2) is 18.2 Å². The SMILES string of the molecule is CC(C)(C)c1cc(COP(=O)(O)OO)cc(C(C)(C)C)c1. The second-order valence-electron chi connectivity index (χ2n) is 7.24. The Morgan fingerprint density at radius 2 is 1.43 bits per heavy atom. The highest BCUT2D eigenvalue weighted by molar-refractivity contribution is 7.47. The summed E-state index contributed by atoms with van der Waals surface area (Å²) in [5, 5.41) is 8.30. The van der Waals surface area contributed by atoms with Gasteiger partial charge in [0.2, 0.25) is 0 Å². The van der Waals surface area contributed by atoms with Gasteiger partial charge in [-0.2, -0.15) is 0 Å². The molecule has 5 nitrogen and oxygen atoms in total. The van der Waals surface area contributed by atoms with Gasteiger partial charge in [0.15, 0.2) is 0 Å². The molecule has 1 unspecified atom stereocenters. The molecule has 6 heteroatoms. The first kappa shape index (κ1) is 18.3. The molecule has 0 spiro atoms. The lowest BCUT2D eigenvalue weighted by Gasteiger charge is -2.26. The van der Waals surface area contributed by atoms with E-state index in [1.165, 1.54) is 0 Å². The number of benzene rings is 1. The van der Waals surface area contributed by atoms with E-state index in [0.29, 0.717) is 0 Å². The highest BCUT2D eigenvalue weighted by atomic mass is 31.2. The van der Waals surface area contributed by atoms with Gasteiger partial charge in [-0.1, -0.05) is 59.7 Å². The van der Waals surface area contributed by atoms with E-state index in [-0.39, 0.29) is 17.4 Å². The quantitative estimate of drug-likeness (QED) is 0.489. The molecule has 21 heavy (non-hydrogen) atoms. The van der Waals surface area contributed by atoms with Crippen LogP contribution in [0.3, 0.4) is 0 Å². The highest BCUT2D eigenvalue weighted by Gasteiger charge is 2.23. The van der Waals surface area contributed by atoms with Crippen LogP contribution in [0.2, 0.25) is 0 Å². The second kappa shape index (κ2) is 6.19. The summed E-state index contributed by atoms with van der Waals surface area (Å²) in [4.78, 5) is 9.10. The monoisotopic (exact) mass is 316 g/mol. The minimum absolute atomic E-state index is 0.0492. The average molecular weight is 316 g/mol. The molecule has 1 atom stereocenters. The van der Waals surface area contributed by atoms with Gasteiger partial charge in [-0.15, -0.1) is 4.67 Å². The van der Waals surface area contributed by atoms with Crippen molar-refractivity contribution in [3.8, 4) is 0 Å². The van der Waals surface area contributed by atoms with Crippen LogP contribution in [0, 0.1) is 0 Å². The van der Waals surface area contributed by atoms with Crippen molar-refractivity contribution < 1.29 is 23.9 Å². The van der Waals surface area contributed by atoms with Gasteiger partial charge >= 0.3 is 7.82 Å². The van der Waals surface area contributed by atoms with Gasteiger partial charge in [0, 0.05) is 0 Å². The molecule has 0 aliphatic carbocycles. The third kappa shape index (κ3) is 5.53. The summed E-state index contributed by atoms with van der Waals surface area (Å²) in [5.41, 5.74) is 2.90. The third-order valence-corrected chi connectivity index (χ3v) is 3.88. The first-order valence-corrected chi connectivity index (χ1v) is 8.30. The molecule has 0 amide bonds. The molecule has 1 rings (SSSR count). The van der Waals surface area contributed by atoms with Gasteiger partial charge in [-0.3, -0.25) is 4.52 Å². The lowest BCUT2D eigenvalue weighted by Crippen LogP contribution is -2.17. The average Bonchev–Trinajstić information content (AvgIpc) is 2.34. The number of phosphoric acid groups is 1. The summed E-state index contributed by atoms with van der Waals surface area (Å²) in [6.45, 7) is 12.5. The van der Waals surface area contributed by atoms with Crippen LogP contribution in [-0.4, -0.2) is 10.2 Å². The van der Waals surface area contributed by atoms with Crippen LogP contribution < -0.4 is 0 Å². The zero-order valence-corrected chi connectivity index (χ0v) is 14.4. The van der Waals surface area contributed by atoms with Crippen molar-refractivity contribution in [1.82, 2.24) is 0 Å². The van der Waals surface area contributed by atoms with Crippen molar-refractivity contribution in [1.29, 1.82) is 0 Å². The maximum absolute atomic E-state index is 11.2. The Hall–Kier alpha value is -0.710. The normalized spacial score (nSPS) is 15.8. The summed E-state index contributed by atoms with van der Waals surface area (Å²) in [6.07, 6.45) is 0. The van der Waals surface area contributed by atoms with Crippen molar-refractivity contribution >= 4 is 7.82 Å². The molecular weight excluding hydrogens is 291 g/mol. The maximum Gasteiger partial charge on any atom is 0.499 e. The Morgan fingerprint density at radius 3 is 1.76 bits per heavy atom. The number of rotatable bonds is 4. The van der Waals surface area contributed by atoms with Gasteiger partial charge in [-0.05, 0) is 27.5 Å². The van der Waals surface area contributed by atoms with Crippen molar-refractivity contribution in [3.05, 3.63) is 34.9 Å². The van der Waals surface area contributed by atoms with Crippen LogP contribution in [0.1, 0.15) is 58.2 Å². The summed E-state index contributed by atoms with van der Waals surface area (Å²) in [5.74, 6) is 0. The van der Waals surface area contributed by atoms with Crippen molar-refractivity contribution in [2.24, 2.45) is 0 Å². The first-order chi connectivity index (χ1) is 9.35. The molecule has 120 valence electrons. The summed E-state index contributed by atoms with van der Waals surface area (Å²) >= 11 is 0. The molecule has 1 aromatic carbocycles. The fraction of sp³-hybridized carbons (Fsp3) is 0.600. The zero-order chi connectivity index (χ0) is 16.5. The predicted octanol–water partition coefficient (Wildman–Crippen LogP) is 4.39. The molecule has 0 heterocycles. The lowest BCUT2D eigenvalue weighted by atomic mass is 9.79. The number of phosphoric ester groups is 1. The number of hydrogen-bond acceptors (Lipinski definition) is 4. The third-order valence-electron chi connectivity index (χ3n) is 3.22. The Bertz CT molecular complexity index is 508. The zero-order valence-electron chi connectivity index (χ0n) is 13.5. The fourth-order valence-electron chi connectivity index (χ4n) is 1.82. The first-order valence-electron chi connectivity index (χ1n) is 6.80. The summed E-state index contributed by atoms with van der Waals surface area (Å²) in [7, 11) is -4.39. The second-order valence-corrected chi connectivity index (χ2v) is 8.60. The van der Waals surface area contributed by atoms with Gasteiger partial charge in [0.1, 0.15) is 0 Å². The molecule has 0 saturated carbocycles. The minimum Gasteiger partial charge on any atom is -0.301 e. The van der Waals surface area contributed by atoms with Crippen molar-refractivity contribution in [2.75, 3.05) is 0 Å². The molecular formula is C15H25O5P. The van der Waals surface area contributed by atoms with E-state index in [0.717, 1.165) is 16.7 Å². The van der Waals surface area contributed by atoms with E-state index < -0.39 is 7.82 Å². The van der Waals surface area contributed by atoms with Gasteiger partial charge in [-0.25, -0.2) is 9.82 Å². The van der Waals surface area contributed by atoms with Crippen LogP contribution in [0.4, 0.5) is 0 Å². The molecule has 0 aliphatic rings. The fourth-order valence-corrected chi connectivity index (χ4v) is 2.18. The summed E-state index contributed by atoms with van der Waals surface area (Å²) in [6, 6.07) is 6.02. The van der Waals surface area contributed by atoms with Crippen LogP contribution in [-0.2, 0) is 31.2 Å². The Labute approximate surface area is 126 Å². The molecule has 0 aromatic heterocycles. The van der Waals surface area contributed by atoms with Crippen LogP contribution >= 0.6 is 7.82 Å². The predicted molar refractivity (Wildman–Crippen MR) is 82.2 cm³/mol. The smallest absolute Gasteiger partial charge is 0.301 e. The molecule has 0 saturated heterocycles. The van der Waals surface area contributed by atoms with Gasteiger partial charge < -0.3 is 4.89 Å². The number of hydrogen-bond donors (Lipinski definition) is 2. The van der Waals surface area contributed by atoms with E-state index >= 15 is 0 Å². The molecule has 1 aromatic rings. The minimum atomic E-state index is -4.39. The Morgan fingerprint density at radius 1 is 1.00 bits per heavy atom. The van der Waals surface area contributed by atoms with E-state index in [4.69, 9.17) is 14.7 Å². The lowest BCUT2D eigenvalue weighted by molar-refractivity contribution is -0.163. The molecule has 2 N–H and O–H groups in total. The van der Waals surface area contributed by atoms with Crippen molar-refractivity contribution in [3.63, 3.8) is 0 Å².